The molecule has 3 nitrogen and oxygen atoms in total. The van der Waals surface area contributed by atoms with Crippen LogP contribution in [0, 0.1) is 11.3 Å². The van der Waals surface area contributed by atoms with Gasteiger partial charge in [-0.05, 0) is 12.3 Å². The van der Waals surface area contributed by atoms with Crippen molar-refractivity contribution in [1.82, 2.24) is 0 Å². The second-order valence-electron chi connectivity index (χ2n) is 4.91. The lowest BCUT2D eigenvalue weighted by atomic mass is 9.81. The molecule has 0 bridgehead atoms. The lowest BCUT2D eigenvalue weighted by molar-refractivity contribution is -0.132. The van der Waals surface area contributed by atoms with Gasteiger partial charge in [-0.3, -0.25) is 14.4 Å². The number of fused-ring (bicyclic) bond motifs is 1. The summed E-state index contributed by atoms with van der Waals surface area (Å²) < 4.78 is 0. The number of ketones is 3. The average molecular weight is 228 g/mol. The topological polar surface area (TPSA) is 51.2 Å². The zero-order valence-corrected chi connectivity index (χ0v) is 9.31. The van der Waals surface area contributed by atoms with Gasteiger partial charge in [0.1, 0.15) is 5.78 Å². The third-order valence-corrected chi connectivity index (χ3v) is 3.88. The Balaban J connectivity index is 1.94. The second-order valence-corrected chi connectivity index (χ2v) is 4.91. The van der Waals surface area contributed by atoms with Crippen molar-refractivity contribution in [1.29, 1.82) is 0 Å². The van der Waals surface area contributed by atoms with Crippen LogP contribution in [0.2, 0.25) is 0 Å². The molecule has 0 N–H and O–H groups in total. The summed E-state index contributed by atoms with van der Waals surface area (Å²) in [6.07, 6.45) is 0.894. The molecule has 3 heteroatoms. The SMILES string of the molecule is O=C1CC(=O)C2(C(=O)c3ccccc3)CC2C1. The summed E-state index contributed by atoms with van der Waals surface area (Å²) in [7, 11) is 0. The van der Waals surface area contributed by atoms with Gasteiger partial charge in [-0.2, -0.15) is 0 Å². The normalized spacial score (nSPS) is 30.9. The maximum atomic E-state index is 12.3. The fourth-order valence-electron chi connectivity index (χ4n) is 2.85. The maximum absolute atomic E-state index is 12.3. The summed E-state index contributed by atoms with van der Waals surface area (Å²) >= 11 is 0. The molecule has 0 aromatic heterocycles. The van der Waals surface area contributed by atoms with Crippen molar-refractivity contribution in [3.8, 4) is 0 Å². The van der Waals surface area contributed by atoms with E-state index in [2.05, 4.69) is 0 Å². The van der Waals surface area contributed by atoms with Crippen LogP contribution in [-0.4, -0.2) is 17.3 Å². The highest BCUT2D eigenvalue weighted by molar-refractivity contribution is 6.22. The largest absolute Gasteiger partial charge is 0.299 e. The number of hydrogen-bond acceptors (Lipinski definition) is 3. The van der Waals surface area contributed by atoms with E-state index in [9.17, 15) is 14.4 Å². The molecule has 0 spiro atoms. The van der Waals surface area contributed by atoms with Crippen molar-refractivity contribution in [2.45, 2.75) is 19.3 Å². The highest BCUT2D eigenvalue weighted by Gasteiger charge is 2.66. The Bertz CT molecular complexity index is 518. The summed E-state index contributed by atoms with van der Waals surface area (Å²) in [6.45, 7) is 0. The highest BCUT2D eigenvalue weighted by atomic mass is 16.2. The van der Waals surface area contributed by atoms with Gasteiger partial charge in [-0.1, -0.05) is 30.3 Å². The summed E-state index contributed by atoms with van der Waals surface area (Å²) in [5.74, 6) is -0.328. The van der Waals surface area contributed by atoms with Gasteiger partial charge in [-0.15, -0.1) is 0 Å². The monoisotopic (exact) mass is 228 g/mol. The number of Topliss-reactive ketones (excluding diaryl/α,β-unsaturated/α-hetero) is 3. The molecule has 2 atom stereocenters. The van der Waals surface area contributed by atoms with Crippen LogP contribution in [0.5, 0.6) is 0 Å². The Kier molecular flexibility index (Phi) is 2.05. The molecule has 2 unspecified atom stereocenters. The number of carbonyl (C=O) groups is 3. The molecule has 0 saturated heterocycles. The number of carbonyl (C=O) groups excluding carboxylic acids is 3. The number of benzene rings is 1. The van der Waals surface area contributed by atoms with Gasteiger partial charge in [0.15, 0.2) is 11.6 Å². The Morgan fingerprint density at radius 2 is 1.88 bits per heavy atom. The quantitative estimate of drug-likeness (QED) is 0.573. The molecular weight excluding hydrogens is 216 g/mol. The van der Waals surface area contributed by atoms with Crippen LogP contribution in [-0.2, 0) is 9.59 Å². The first-order valence-electron chi connectivity index (χ1n) is 5.79. The van der Waals surface area contributed by atoms with E-state index in [0.717, 1.165) is 0 Å². The molecule has 2 aliphatic rings. The molecule has 3 rings (SSSR count). The van der Waals surface area contributed by atoms with Crippen LogP contribution < -0.4 is 0 Å². The predicted octanol–water partition coefficient (Wildman–Crippen LogP) is 1.81. The van der Waals surface area contributed by atoms with Crippen molar-refractivity contribution in [3.63, 3.8) is 0 Å². The molecule has 1 aromatic carbocycles. The summed E-state index contributed by atoms with van der Waals surface area (Å²) in [5.41, 5.74) is -0.271. The van der Waals surface area contributed by atoms with Gasteiger partial charge in [0.2, 0.25) is 0 Å². The third-order valence-electron chi connectivity index (χ3n) is 3.88. The Labute approximate surface area is 98.8 Å². The standard InChI is InChI=1S/C14H12O3/c15-11-6-10-8-14(10,12(16)7-11)13(17)9-4-2-1-3-5-9/h1-5,10H,6-8H2. The van der Waals surface area contributed by atoms with E-state index in [1.165, 1.54) is 0 Å². The van der Waals surface area contributed by atoms with E-state index in [1.807, 2.05) is 6.07 Å². The summed E-state index contributed by atoms with van der Waals surface area (Å²) in [5, 5.41) is 0. The molecule has 86 valence electrons. The van der Waals surface area contributed by atoms with Gasteiger partial charge in [0, 0.05) is 12.0 Å². The zero-order valence-electron chi connectivity index (χ0n) is 9.31. The van der Waals surface area contributed by atoms with Crippen molar-refractivity contribution in [3.05, 3.63) is 35.9 Å². The molecule has 2 fully saturated rings. The van der Waals surface area contributed by atoms with Crippen LogP contribution in [0.15, 0.2) is 30.3 Å². The van der Waals surface area contributed by atoms with E-state index in [0.29, 0.717) is 18.4 Å². The van der Waals surface area contributed by atoms with Gasteiger partial charge >= 0.3 is 0 Å². The fourth-order valence-corrected chi connectivity index (χ4v) is 2.85. The molecule has 1 aromatic rings. The third kappa shape index (κ3) is 1.38. The number of hydrogen-bond donors (Lipinski definition) is 0. The molecule has 0 aliphatic heterocycles. The van der Waals surface area contributed by atoms with Crippen LogP contribution >= 0.6 is 0 Å². The van der Waals surface area contributed by atoms with E-state index in [-0.39, 0.29) is 29.7 Å². The van der Waals surface area contributed by atoms with E-state index in [4.69, 9.17) is 0 Å². The van der Waals surface area contributed by atoms with Crippen LogP contribution in [0.4, 0.5) is 0 Å². The Morgan fingerprint density at radius 1 is 1.18 bits per heavy atom. The van der Waals surface area contributed by atoms with Gasteiger partial charge in [0.25, 0.3) is 0 Å². The van der Waals surface area contributed by atoms with Gasteiger partial charge in [-0.25, -0.2) is 0 Å². The van der Waals surface area contributed by atoms with Crippen molar-refractivity contribution in [2.75, 3.05) is 0 Å². The lowest BCUT2D eigenvalue weighted by Gasteiger charge is -2.18. The van der Waals surface area contributed by atoms with E-state index >= 15 is 0 Å². The molecule has 17 heavy (non-hydrogen) atoms. The Hall–Kier alpha value is -1.77. The average Bonchev–Trinajstić information content (AvgIpc) is 3.05. The molecule has 0 radical (unpaired) electrons. The first-order valence-corrected chi connectivity index (χ1v) is 5.79. The van der Waals surface area contributed by atoms with E-state index < -0.39 is 5.41 Å². The molecule has 2 aliphatic carbocycles. The number of rotatable bonds is 2. The molecule has 0 amide bonds. The van der Waals surface area contributed by atoms with Crippen LogP contribution in [0.3, 0.4) is 0 Å². The van der Waals surface area contributed by atoms with E-state index in [1.54, 1.807) is 24.3 Å². The second kappa shape index (κ2) is 3.36. The molecular formula is C14H12O3. The minimum absolute atomic E-state index is 0.0195. The van der Waals surface area contributed by atoms with Gasteiger partial charge in [0.05, 0.1) is 11.8 Å². The van der Waals surface area contributed by atoms with Crippen molar-refractivity contribution in [2.24, 2.45) is 11.3 Å². The minimum Gasteiger partial charge on any atom is -0.299 e. The summed E-state index contributed by atoms with van der Waals surface area (Å²) in [6, 6.07) is 8.89. The molecule has 0 heterocycles. The highest BCUT2D eigenvalue weighted by Crippen LogP contribution is 2.60. The zero-order chi connectivity index (χ0) is 12.0. The summed E-state index contributed by atoms with van der Waals surface area (Å²) in [4.78, 5) is 35.6. The maximum Gasteiger partial charge on any atom is 0.176 e. The van der Waals surface area contributed by atoms with Crippen molar-refractivity contribution < 1.29 is 14.4 Å². The van der Waals surface area contributed by atoms with Crippen molar-refractivity contribution >= 4 is 17.3 Å². The smallest absolute Gasteiger partial charge is 0.176 e. The minimum atomic E-state index is -0.852. The fraction of sp³-hybridized carbons (Fsp3) is 0.357. The Morgan fingerprint density at radius 3 is 2.53 bits per heavy atom. The first-order chi connectivity index (χ1) is 8.14. The lowest BCUT2D eigenvalue weighted by Crippen LogP contribution is -2.34. The van der Waals surface area contributed by atoms with Crippen LogP contribution in [0.25, 0.3) is 0 Å². The van der Waals surface area contributed by atoms with Crippen LogP contribution in [0.1, 0.15) is 29.6 Å². The first kappa shape index (κ1) is 10.4. The molecule has 2 saturated carbocycles. The predicted molar refractivity (Wildman–Crippen MR) is 60.6 cm³/mol. The van der Waals surface area contributed by atoms with Gasteiger partial charge < -0.3 is 0 Å².